The molecule has 3 atom stereocenters. The summed E-state index contributed by atoms with van der Waals surface area (Å²) in [6.07, 6.45) is -0.148. The summed E-state index contributed by atoms with van der Waals surface area (Å²) in [6, 6.07) is 20.7. The molecule has 1 heterocycles. The maximum absolute atomic E-state index is 14.2. The van der Waals surface area contributed by atoms with Crippen molar-refractivity contribution < 1.29 is 13.6 Å². The first-order valence-electron chi connectivity index (χ1n) is 13.3. The van der Waals surface area contributed by atoms with Crippen LogP contribution in [0.1, 0.15) is 52.7 Å². The summed E-state index contributed by atoms with van der Waals surface area (Å²) in [5.41, 5.74) is 2.34. The molecule has 0 radical (unpaired) electrons. The maximum Gasteiger partial charge on any atom is 0.253 e. The van der Waals surface area contributed by atoms with Crippen LogP contribution in [0.15, 0.2) is 60.7 Å². The fraction of sp³-hybridized carbons (Fsp3) is 0.567. The van der Waals surface area contributed by atoms with Crippen molar-refractivity contribution in [3.63, 3.8) is 0 Å². The van der Waals surface area contributed by atoms with E-state index in [4.69, 9.17) is 8.85 Å². The molecule has 1 amide bonds. The zero-order chi connectivity index (χ0) is 26.9. The van der Waals surface area contributed by atoms with Gasteiger partial charge in [-0.25, -0.2) is 0 Å². The van der Waals surface area contributed by atoms with Gasteiger partial charge in [-0.05, 0) is 53.8 Å². The van der Waals surface area contributed by atoms with Gasteiger partial charge in [-0.2, -0.15) is 0 Å². The lowest BCUT2D eigenvalue weighted by atomic mass is 10.0. The van der Waals surface area contributed by atoms with Crippen LogP contribution in [-0.2, 0) is 26.6 Å². The van der Waals surface area contributed by atoms with Gasteiger partial charge in [0.2, 0.25) is 0 Å². The number of benzene rings is 2. The van der Waals surface area contributed by atoms with Crippen LogP contribution in [-0.4, -0.2) is 45.7 Å². The van der Waals surface area contributed by atoms with Crippen molar-refractivity contribution in [1.82, 2.24) is 4.90 Å². The minimum absolute atomic E-state index is 0.00339. The van der Waals surface area contributed by atoms with Gasteiger partial charge < -0.3 is 13.8 Å². The SMILES string of the molecule is CC(C)(C)[Si](C)(C)O[C@@H]1[C@@H](O[Si](C)(C)C(C)(C)C)C(=O)N(Cc2ccccc2)[C@H]1Cc1ccccc1. The topological polar surface area (TPSA) is 38.8 Å². The van der Waals surface area contributed by atoms with Gasteiger partial charge in [0.05, 0.1) is 12.1 Å². The van der Waals surface area contributed by atoms with E-state index in [1.807, 2.05) is 29.2 Å². The Morgan fingerprint density at radius 1 is 0.722 bits per heavy atom. The minimum Gasteiger partial charge on any atom is -0.409 e. The first-order chi connectivity index (χ1) is 16.5. The molecule has 0 spiro atoms. The standard InChI is InChI=1S/C30H47NO3Si2/c1-29(2,3)35(7,8)33-26-25(21-23-17-13-11-14-18-23)31(22-24-19-15-12-16-20-24)28(32)27(26)34-36(9,10)30(4,5)6/h11-20,25-27H,21-22H2,1-10H3/t25-,26-,27+/m0/s1. The lowest BCUT2D eigenvalue weighted by Gasteiger charge is -2.43. The van der Waals surface area contributed by atoms with Crippen LogP contribution in [0.3, 0.4) is 0 Å². The molecule has 198 valence electrons. The zero-order valence-corrected chi connectivity index (χ0v) is 26.1. The molecular formula is C30H47NO3Si2. The summed E-state index contributed by atoms with van der Waals surface area (Å²) in [5, 5.41) is 0.0261. The highest BCUT2D eigenvalue weighted by Gasteiger charge is 2.55. The van der Waals surface area contributed by atoms with Gasteiger partial charge in [0.25, 0.3) is 5.91 Å². The van der Waals surface area contributed by atoms with Gasteiger partial charge in [-0.1, -0.05) is 102 Å². The van der Waals surface area contributed by atoms with Crippen molar-refractivity contribution in [3.05, 3.63) is 71.8 Å². The van der Waals surface area contributed by atoms with Gasteiger partial charge in [0.15, 0.2) is 22.7 Å². The number of likely N-dealkylation sites (tertiary alicyclic amines) is 1. The Morgan fingerprint density at radius 2 is 1.17 bits per heavy atom. The Bertz CT molecular complexity index is 1010. The van der Waals surface area contributed by atoms with E-state index < -0.39 is 22.7 Å². The van der Waals surface area contributed by atoms with Crippen LogP contribution in [0, 0.1) is 0 Å². The molecule has 1 fully saturated rings. The third-order valence-corrected chi connectivity index (χ3v) is 17.5. The molecule has 0 unspecified atom stereocenters. The number of carbonyl (C=O) groups is 1. The minimum atomic E-state index is -2.23. The lowest BCUT2D eigenvalue weighted by molar-refractivity contribution is -0.135. The average molecular weight is 526 g/mol. The van der Waals surface area contributed by atoms with Crippen molar-refractivity contribution in [2.75, 3.05) is 0 Å². The highest BCUT2D eigenvalue weighted by molar-refractivity contribution is 6.74. The largest absolute Gasteiger partial charge is 0.409 e. The zero-order valence-electron chi connectivity index (χ0n) is 24.1. The van der Waals surface area contributed by atoms with Crippen LogP contribution in [0.25, 0.3) is 0 Å². The molecule has 1 aliphatic rings. The Balaban J connectivity index is 2.08. The van der Waals surface area contributed by atoms with Gasteiger partial charge in [-0.3, -0.25) is 4.79 Å². The number of hydrogen-bond acceptors (Lipinski definition) is 3. The van der Waals surface area contributed by atoms with E-state index in [1.54, 1.807) is 0 Å². The van der Waals surface area contributed by atoms with Crippen molar-refractivity contribution in [2.24, 2.45) is 0 Å². The molecule has 3 rings (SSSR count). The third kappa shape index (κ3) is 6.39. The van der Waals surface area contributed by atoms with Crippen molar-refractivity contribution in [3.8, 4) is 0 Å². The van der Waals surface area contributed by atoms with Crippen molar-refractivity contribution in [2.45, 2.75) is 109 Å². The fourth-order valence-corrected chi connectivity index (χ4v) is 6.71. The molecule has 2 aromatic rings. The van der Waals surface area contributed by atoms with Crippen LogP contribution in [0.5, 0.6) is 0 Å². The molecule has 1 saturated heterocycles. The summed E-state index contributed by atoms with van der Waals surface area (Å²) >= 11 is 0. The first-order valence-corrected chi connectivity index (χ1v) is 19.1. The van der Waals surface area contributed by atoms with Crippen LogP contribution in [0.2, 0.25) is 36.3 Å². The molecule has 0 aromatic heterocycles. The smallest absolute Gasteiger partial charge is 0.253 e. The summed E-state index contributed by atoms with van der Waals surface area (Å²) in [7, 11) is -4.42. The molecule has 0 aliphatic carbocycles. The molecule has 6 heteroatoms. The second-order valence-corrected chi connectivity index (χ2v) is 22.9. The van der Waals surface area contributed by atoms with E-state index in [2.05, 4.69) is 104 Å². The third-order valence-electron chi connectivity index (χ3n) is 8.55. The molecular weight excluding hydrogens is 479 g/mol. The molecule has 2 aromatic carbocycles. The maximum atomic E-state index is 14.2. The van der Waals surface area contributed by atoms with E-state index in [9.17, 15) is 4.79 Å². The van der Waals surface area contributed by atoms with E-state index in [0.29, 0.717) is 6.54 Å². The second kappa shape index (κ2) is 10.6. The summed E-state index contributed by atoms with van der Waals surface area (Å²) in [6.45, 7) is 23.0. The summed E-state index contributed by atoms with van der Waals surface area (Å²) in [5.74, 6) is 0.0633. The second-order valence-electron chi connectivity index (χ2n) is 13.4. The summed E-state index contributed by atoms with van der Waals surface area (Å²) in [4.78, 5) is 16.3. The Hall–Kier alpha value is -1.74. The Morgan fingerprint density at radius 3 is 1.64 bits per heavy atom. The molecule has 0 saturated carbocycles. The monoisotopic (exact) mass is 525 g/mol. The quantitative estimate of drug-likeness (QED) is 0.337. The van der Waals surface area contributed by atoms with Gasteiger partial charge in [0, 0.05) is 6.54 Å². The van der Waals surface area contributed by atoms with Gasteiger partial charge >= 0.3 is 0 Å². The Kier molecular flexibility index (Phi) is 8.46. The fourth-order valence-electron chi connectivity index (χ4n) is 4.17. The lowest BCUT2D eigenvalue weighted by Crippen LogP contribution is -2.53. The van der Waals surface area contributed by atoms with E-state index >= 15 is 0 Å². The molecule has 4 nitrogen and oxygen atoms in total. The average Bonchev–Trinajstić information content (AvgIpc) is 2.98. The molecule has 1 aliphatic heterocycles. The van der Waals surface area contributed by atoms with E-state index in [0.717, 1.165) is 12.0 Å². The number of carbonyl (C=O) groups excluding carboxylic acids is 1. The number of rotatable bonds is 8. The molecule has 0 bridgehead atoms. The number of amides is 1. The highest BCUT2D eigenvalue weighted by atomic mass is 28.4. The summed E-state index contributed by atoms with van der Waals surface area (Å²) < 4.78 is 14.1. The number of nitrogens with zero attached hydrogens (tertiary/aromatic N) is 1. The predicted octanol–water partition coefficient (Wildman–Crippen LogP) is 7.42. The van der Waals surface area contributed by atoms with Crippen LogP contribution < -0.4 is 0 Å². The van der Waals surface area contributed by atoms with Crippen molar-refractivity contribution >= 4 is 22.5 Å². The van der Waals surface area contributed by atoms with E-state index in [1.165, 1.54) is 5.56 Å². The molecule has 36 heavy (non-hydrogen) atoms. The normalized spacial score (nSPS) is 21.8. The van der Waals surface area contributed by atoms with Crippen LogP contribution in [0.4, 0.5) is 0 Å². The van der Waals surface area contributed by atoms with Gasteiger partial charge in [-0.15, -0.1) is 0 Å². The Labute approximate surface area is 221 Å². The first kappa shape index (κ1) is 28.8. The van der Waals surface area contributed by atoms with E-state index in [-0.39, 0.29) is 28.1 Å². The van der Waals surface area contributed by atoms with Gasteiger partial charge in [0.1, 0.15) is 0 Å². The molecule has 0 N–H and O–H groups in total. The van der Waals surface area contributed by atoms with Crippen molar-refractivity contribution in [1.29, 1.82) is 0 Å². The number of hydrogen-bond donors (Lipinski definition) is 0. The highest BCUT2D eigenvalue weighted by Crippen LogP contribution is 2.43. The van der Waals surface area contributed by atoms with Crippen LogP contribution >= 0.6 is 0 Å². The predicted molar refractivity (Wildman–Crippen MR) is 155 cm³/mol.